The van der Waals surface area contributed by atoms with Crippen LogP contribution >= 0.6 is 0 Å². The molecule has 0 spiro atoms. The van der Waals surface area contributed by atoms with Crippen molar-refractivity contribution >= 4 is 32.6 Å². The lowest BCUT2D eigenvalue weighted by Gasteiger charge is -2.37. The maximum atomic E-state index is 11.9. The summed E-state index contributed by atoms with van der Waals surface area (Å²) in [5.74, 6) is 3.70. The van der Waals surface area contributed by atoms with E-state index in [1.165, 1.54) is 50.0 Å². The maximum absolute atomic E-state index is 11.9. The maximum Gasteiger partial charge on any atom is 0.181 e. The zero-order valence-electron chi connectivity index (χ0n) is 21.0. The largest absolute Gasteiger partial charge is 0.748 e. The van der Waals surface area contributed by atoms with Gasteiger partial charge in [0.2, 0.25) is 0 Å². The van der Waals surface area contributed by atoms with Crippen LogP contribution in [-0.4, -0.2) is 47.5 Å². The quantitative estimate of drug-likeness (QED) is 0.188. The highest BCUT2D eigenvalue weighted by Gasteiger charge is 2.64. The van der Waals surface area contributed by atoms with Gasteiger partial charge in [0.25, 0.3) is 0 Å². The molecule has 0 amide bonds. The number of rotatable bonds is 14. The molecule has 0 aromatic heterocycles. The van der Waals surface area contributed by atoms with Crippen LogP contribution in [0.15, 0.2) is 0 Å². The molecule has 7 heteroatoms. The fourth-order valence-electron chi connectivity index (χ4n) is 5.23. The Kier molecular flexibility index (Phi) is 12.5. The van der Waals surface area contributed by atoms with E-state index in [2.05, 4.69) is 20.8 Å². The van der Waals surface area contributed by atoms with Gasteiger partial charge >= 0.3 is 0 Å². The molecular weight excluding hydrogens is 444 g/mol. The van der Waals surface area contributed by atoms with Crippen LogP contribution in [0.5, 0.6) is 0 Å². The van der Waals surface area contributed by atoms with E-state index in [1.807, 2.05) is 13.8 Å². The number of hydrogen-bond donors (Lipinski definition) is 0. The van der Waals surface area contributed by atoms with Crippen molar-refractivity contribution in [1.82, 2.24) is 0 Å². The molecule has 188 valence electrons. The summed E-state index contributed by atoms with van der Waals surface area (Å²) in [6.07, 6.45) is 11.4. The van der Waals surface area contributed by atoms with E-state index in [4.69, 9.17) is 0 Å². The molecule has 0 radical (unpaired) electrons. The molecule has 0 aromatic rings. The summed E-state index contributed by atoms with van der Waals surface area (Å²) in [4.78, 5) is 23.7. The average molecular weight is 491 g/mol. The van der Waals surface area contributed by atoms with E-state index in [1.54, 1.807) is 0 Å². The van der Waals surface area contributed by atoms with Crippen molar-refractivity contribution in [2.24, 2.45) is 16.7 Å². The van der Waals surface area contributed by atoms with Crippen LogP contribution in [0.4, 0.5) is 0 Å². The molecule has 0 aliphatic heterocycles. The van der Waals surface area contributed by atoms with Crippen LogP contribution in [0.2, 0.25) is 0 Å². The number of fused-ring (bicyclic) bond motifs is 2. The van der Waals surface area contributed by atoms with Crippen molar-refractivity contribution in [2.75, 3.05) is 23.0 Å². The number of hydrogen-bond acceptors (Lipinski definition) is 5. The number of carbonyl (C=O) groups excluding carboxylic acids is 2. The molecule has 0 saturated heterocycles. The molecule has 2 atom stereocenters. The third-order valence-electron chi connectivity index (χ3n) is 7.56. The van der Waals surface area contributed by atoms with Gasteiger partial charge in [0.15, 0.2) is 11.5 Å². The number of carbonyl (C=O) groups is 2. The minimum atomic E-state index is -4.33. The molecule has 2 bridgehead atoms. The first-order chi connectivity index (χ1) is 14.9. The Morgan fingerprint density at radius 3 is 2.00 bits per heavy atom. The van der Waals surface area contributed by atoms with Gasteiger partial charge in [-0.05, 0) is 54.3 Å². The summed E-state index contributed by atoms with van der Waals surface area (Å²) in [6.45, 7) is 10.5. The third kappa shape index (κ3) is 8.43. The predicted octanol–water partition coefficient (Wildman–Crippen LogP) is 5.28. The van der Waals surface area contributed by atoms with Crippen LogP contribution in [0, 0.1) is 16.7 Å². The van der Waals surface area contributed by atoms with Crippen molar-refractivity contribution in [3.8, 4) is 0 Å². The minimum absolute atomic E-state index is 0.0248. The molecule has 0 heterocycles. The first-order valence-electron chi connectivity index (χ1n) is 12.6. The van der Waals surface area contributed by atoms with E-state index in [0.29, 0.717) is 29.5 Å². The van der Waals surface area contributed by atoms with E-state index in [0.717, 1.165) is 25.0 Å². The Morgan fingerprint density at radius 2 is 1.59 bits per heavy atom. The fourth-order valence-corrected chi connectivity index (χ4v) is 8.99. The van der Waals surface area contributed by atoms with Crippen molar-refractivity contribution in [1.29, 1.82) is 0 Å². The van der Waals surface area contributed by atoms with Gasteiger partial charge < -0.3 is 4.55 Å². The van der Waals surface area contributed by atoms with Gasteiger partial charge in [0.05, 0.1) is 15.9 Å². The van der Waals surface area contributed by atoms with E-state index < -0.39 is 21.3 Å². The first-order valence-corrected chi connectivity index (χ1v) is 15.9. The Bertz CT molecular complexity index is 693. The van der Waals surface area contributed by atoms with Gasteiger partial charge in [-0.25, -0.2) is 8.42 Å². The zero-order valence-corrected chi connectivity index (χ0v) is 22.7. The van der Waals surface area contributed by atoms with Gasteiger partial charge in [-0.1, -0.05) is 60.3 Å². The number of unbranched alkanes of at least 4 members (excludes halogenated alkanes) is 4. The van der Waals surface area contributed by atoms with Gasteiger partial charge in [-0.15, -0.1) is 0 Å². The zero-order chi connectivity index (χ0) is 24.4. The van der Waals surface area contributed by atoms with Crippen LogP contribution in [0.3, 0.4) is 0 Å². The van der Waals surface area contributed by atoms with Crippen molar-refractivity contribution in [2.45, 2.75) is 105 Å². The predicted molar refractivity (Wildman–Crippen MR) is 134 cm³/mol. The highest BCUT2D eigenvalue weighted by Crippen LogP contribution is 2.64. The summed E-state index contributed by atoms with van der Waals surface area (Å²) in [7, 11) is -3.94. The monoisotopic (exact) mass is 490 g/mol. The molecule has 0 N–H and O–H groups in total. The Morgan fingerprint density at radius 1 is 1.03 bits per heavy atom. The molecule has 2 rings (SSSR count). The topological polar surface area (TPSA) is 91.3 Å². The molecule has 5 nitrogen and oxygen atoms in total. The molecule has 2 unspecified atom stereocenters. The Labute approximate surface area is 200 Å². The van der Waals surface area contributed by atoms with Crippen molar-refractivity contribution < 1.29 is 22.6 Å². The number of Topliss-reactive ketones (excluding diaryl/α,β-unsaturated/α-hetero) is 2. The molecule has 2 fully saturated rings. The molecule has 32 heavy (non-hydrogen) atoms. The normalized spacial score (nSPS) is 24.0. The summed E-state index contributed by atoms with van der Waals surface area (Å²) >= 11 is 0. The third-order valence-corrected chi connectivity index (χ3v) is 10.9. The highest BCUT2D eigenvalue weighted by atomic mass is 32.2. The fraction of sp³-hybridized carbons (Fsp3) is 0.920. The second-order valence-electron chi connectivity index (χ2n) is 10.2. The number of ketones is 2. The van der Waals surface area contributed by atoms with Crippen LogP contribution in [0.1, 0.15) is 105 Å². The minimum Gasteiger partial charge on any atom is -0.748 e. The summed E-state index contributed by atoms with van der Waals surface area (Å²) in [6, 6.07) is 0. The molecular formula is C25H46O5S2. The second-order valence-corrected chi connectivity index (χ2v) is 14.0. The lowest BCUT2D eigenvalue weighted by atomic mass is 9.70. The Hall–Kier alpha value is -0.400. The van der Waals surface area contributed by atoms with Crippen molar-refractivity contribution in [3.05, 3.63) is 0 Å². The Balaban J connectivity index is 0.000000321. The second kappa shape index (κ2) is 13.5. The van der Waals surface area contributed by atoms with Gasteiger partial charge in [-0.2, -0.15) is 0 Å². The summed E-state index contributed by atoms with van der Waals surface area (Å²) in [5, 5.41) is 0. The molecule has 2 aliphatic rings. The van der Waals surface area contributed by atoms with E-state index in [-0.39, 0.29) is 17.1 Å². The standard InChI is InChI=1S/C15H31OS.C10H16O4S/c1-4-7-10-11-15(16)14-17(12-8-5-2)13-9-6-3;1-9(2)7-3-4-10(9,8(11)5-7)6-15(12,13)14/h4-14H2,1-3H3;7H,3-6H2,1-2H3,(H,12,13,14)/q+1;/p-1. The SMILES string of the molecule is CC1(C)C2CCC1(CS(=O)(=O)[O-])C(=O)C2.CCCCCC(=O)C[S+](CCCC)CCCC. The van der Waals surface area contributed by atoms with Gasteiger partial charge in [-0.3, -0.25) is 9.59 Å². The van der Waals surface area contributed by atoms with E-state index >= 15 is 0 Å². The molecule has 0 aromatic carbocycles. The molecule has 2 aliphatic carbocycles. The van der Waals surface area contributed by atoms with Crippen LogP contribution < -0.4 is 0 Å². The lowest BCUT2D eigenvalue weighted by molar-refractivity contribution is -0.128. The highest BCUT2D eigenvalue weighted by molar-refractivity contribution is 7.97. The van der Waals surface area contributed by atoms with Gasteiger partial charge in [0.1, 0.15) is 17.3 Å². The molecule has 2 saturated carbocycles. The average Bonchev–Trinajstić information content (AvgIpc) is 3.03. The van der Waals surface area contributed by atoms with Crippen LogP contribution in [-0.2, 0) is 30.6 Å². The summed E-state index contributed by atoms with van der Waals surface area (Å²) in [5.41, 5.74) is -1.22. The smallest absolute Gasteiger partial charge is 0.181 e. The first kappa shape index (κ1) is 29.6. The van der Waals surface area contributed by atoms with Crippen molar-refractivity contribution in [3.63, 3.8) is 0 Å². The van der Waals surface area contributed by atoms with Gasteiger partial charge in [0, 0.05) is 18.3 Å². The van der Waals surface area contributed by atoms with Crippen LogP contribution in [0.25, 0.3) is 0 Å². The lowest BCUT2D eigenvalue weighted by Crippen LogP contribution is -2.42. The van der Waals surface area contributed by atoms with E-state index in [9.17, 15) is 22.6 Å². The summed E-state index contributed by atoms with van der Waals surface area (Å²) < 4.78 is 32.7.